The molecule has 1 aliphatic rings. The van der Waals surface area contributed by atoms with Crippen LogP contribution >= 0.6 is 0 Å². The van der Waals surface area contributed by atoms with Crippen LogP contribution < -0.4 is 4.74 Å². The van der Waals surface area contributed by atoms with Crippen LogP contribution in [0.5, 0.6) is 5.75 Å². The number of aryl methyl sites for hydroxylation is 1. The Morgan fingerprint density at radius 1 is 1.45 bits per heavy atom. The molecular formula is C17H20N2O3. The molecule has 0 radical (unpaired) electrons. The van der Waals surface area contributed by atoms with Crippen molar-refractivity contribution in [2.24, 2.45) is 0 Å². The fraction of sp³-hybridized carbons (Fsp3) is 0.412. The molecule has 1 amide bonds. The first-order chi connectivity index (χ1) is 10.7. The predicted octanol–water partition coefficient (Wildman–Crippen LogP) is 2.90. The van der Waals surface area contributed by atoms with Crippen molar-refractivity contribution in [3.8, 4) is 5.75 Å². The van der Waals surface area contributed by atoms with E-state index < -0.39 is 0 Å². The Balaban J connectivity index is 1.73. The lowest BCUT2D eigenvalue weighted by Gasteiger charge is -2.22. The van der Waals surface area contributed by atoms with E-state index in [1.54, 1.807) is 7.11 Å². The standard InChI is InChI=1S/C17H20N2O3/c1-12-9-16(22-18-12)15-7-4-8-19(15)17(20)11-13-5-3-6-14(10-13)21-2/h3,5-6,9-10,15H,4,7-8,11H2,1-2H3/t15-/m0/s1. The van der Waals surface area contributed by atoms with Gasteiger partial charge in [-0.15, -0.1) is 0 Å². The Bertz CT molecular complexity index is 665. The molecular weight excluding hydrogens is 280 g/mol. The number of carbonyl (C=O) groups is 1. The van der Waals surface area contributed by atoms with Crippen LogP contribution in [0.2, 0.25) is 0 Å². The van der Waals surface area contributed by atoms with Crippen molar-refractivity contribution < 1.29 is 14.1 Å². The summed E-state index contributed by atoms with van der Waals surface area (Å²) in [4.78, 5) is 14.5. The molecule has 1 aromatic heterocycles. The van der Waals surface area contributed by atoms with Crippen molar-refractivity contribution in [2.45, 2.75) is 32.2 Å². The molecule has 0 saturated carbocycles. The third-order valence-corrected chi connectivity index (χ3v) is 4.04. The highest BCUT2D eigenvalue weighted by molar-refractivity contribution is 5.79. The monoisotopic (exact) mass is 300 g/mol. The van der Waals surface area contributed by atoms with Gasteiger partial charge in [-0.2, -0.15) is 0 Å². The van der Waals surface area contributed by atoms with Crippen molar-refractivity contribution >= 4 is 5.91 Å². The summed E-state index contributed by atoms with van der Waals surface area (Å²) in [7, 11) is 1.63. The first-order valence-electron chi connectivity index (χ1n) is 7.53. The van der Waals surface area contributed by atoms with Crippen LogP contribution in [0.25, 0.3) is 0 Å². The Hall–Kier alpha value is -2.30. The van der Waals surface area contributed by atoms with Crippen LogP contribution in [0.15, 0.2) is 34.9 Å². The second kappa shape index (κ2) is 6.22. The molecule has 0 spiro atoms. The van der Waals surface area contributed by atoms with E-state index in [4.69, 9.17) is 9.26 Å². The zero-order chi connectivity index (χ0) is 15.5. The molecule has 0 bridgehead atoms. The zero-order valence-corrected chi connectivity index (χ0v) is 12.9. The minimum absolute atomic E-state index is 0.0132. The largest absolute Gasteiger partial charge is 0.497 e. The third kappa shape index (κ3) is 2.98. The number of amides is 1. The van der Waals surface area contributed by atoms with Crippen LogP contribution in [-0.2, 0) is 11.2 Å². The lowest BCUT2D eigenvalue weighted by molar-refractivity contribution is -0.131. The molecule has 22 heavy (non-hydrogen) atoms. The van der Waals surface area contributed by atoms with E-state index in [0.29, 0.717) is 6.42 Å². The first kappa shape index (κ1) is 14.6. The quantitative estimate of drug-likeness (QED) is 0.871. The van der Waals surface area contributed by atoms with E-state index in [9.17, 15) is 4.79 Å². The van der Waals surface area contributed by atoms with Crippen LogP contribution in [0.1, 0.15) is 35.9 Å². The van der Waals surface area contributed by atoms with E-state index in [0.717, 1.165) is 42.2 Å². The summed E-state index contributed by atoms with van der Waals surface area (Å²) in [6, 6.07) is 9.57. The maximum Gasteiger partial charge on any atom is 0.227 e. The van der Waals surface area contributed by atoms with Crippen LogP contribution in [-0.4, -0.2) is 29.6 Å². The van der Waals surface area contributed by atoms with Gasteiger partial charge in [0.1, 0.15) is 5.75 Å². The summed E-state index contributed by atoms with van der Waals surface area (Å²) in [5.74, 6) is 1.67. The molecule has 0 unspecified atom stereocenters. The molecule has 116 valence electrons. The second-order valence-electron chi connectivity index (χ2n) is 5.64. The molecule has 1 atom stereocenters. The van der Waals surface area contributed by atoms with Gasteiger partial charge in [-0.3, -0.25) is 4.79 Å². The van der Waals surface area contributed by atoms with Gasteiger partial charge in [-0.25, -0.2) is 0 Å². The van der Waals surface area contributed by atoms with E-state index in [-0.39, 0.29) is 11.9 Å². The number of nitrogens with zero attached hydrogens (tertiary/aromatic N) is 2. The normalized spacial score (nSPS) is 17.7. The average Bonchev–Trinajstić information content (AvgIpc) is 3.15. The van der Waals surface area contributed by atoms with Gasteiger partial charge in [0, 0.05) is 12.6 Å². The van der Waals surface area contributed by atoms with Crippen LogP contribution in [0.4, 0.5) is 0 Å². The Kier molecular flexibility index (Phi) is 4.13. The Morgan fingerprint density at radius 2 is 2.32 bits per heavy atom. The molecule has 0 aliphatic carbocycles. The highest BCUT2D eigenvalue weighted by Crippen LogP contribution is 2.32. The number of hydrogen-bond donors (Lipinski definition) is 0. The number of benzene rings is 1. The van der Waals surface area contributed by atoms with Gasteiger partial charge in [0.05, 0.1) is 25.3 Å². The Labute approximate surface area is 129 Å². The second-order valence-corrected chi connectivity index (χ2v) is 5.64. The summed E-state index contributed by atoms with van der Waals surface area (Å²) in [6.07, 6.45) is 2.30. The number of hydrogen-bond acceptors (Lipinski definition) is 4. The number of carbonyl (C=O) groups excluding carboxylic acids is 1. The number of rotatable bonds is 4. The average molecular weight is 300 g/mol. The van der Waals surface area contributed by atoms with E-state index in [1.165, 1.54) is 0 Å². The SMILES string of the molecule is COc1cccc(CC(=O)N2CCC[C@H]2c2cc(C)no2)c1. The predicted molar refractivity (Wildman–Crippen MR) is 81.6 cm³/mol. The van der Waals surface area contributed by atoms with E-state index in [1.807, 2.05) is 42.2 Å². The number of likely N-dealkylation sites (tertiary alicyclic amines) is 1. The maximum absolute atomic E-state index is 12.6. The molecule has 3 rings (SSSR count). The molecule has 5 heteroatoms. The van der Waals surface area contributed by atoms with Crippen molar-refractivity contribution in [2.75, 3.05) is 13.7 Å². The van der Waals surface area contributed by atoms with Gasteiger partial charge < -0.3 is 14.2 Å². The minimum atomic E-state index is 0.0132. The lowest BCUT2D eigenvalue weighted by atomic mass is 10.1. The molecule has 1 fully saturated rings. The van der Waals surface area contributed by atoms with Crippen molar-refractivity contribution in [1.82, 2.24) is 10.1 Å². The van der Waals surface area contributed by atoms with Gasteiger partial charge in [-0.1, -0.05) is 17.3 Å². The third-order valence-electron chi connectivity index (χ3n) is 4.04. The van der Waals surface area contributed by atoms with Gasteiger partial charge in [0.15, 0.2) is 5.76 Å². The zero-order valence-electron chi connectivity index (χ0n) is 12.9. The molecule has 2 heterocycles. The van der Waals surface area contributed by atoms with Crippen molar-refractivity contribution in [3.05, 3.63) is 47.3 Å². The van der Waals surface area contributed by atoms with Crippen LogP contribution in [0.3, 0.4) is 0 Å². The van der Waals surface area contributed by atoms with E-state index in [2.05, 4.69) is 5.16 Å². The van der Waals surface area contributed by atoms with Gasteiger partial charge in [0.2, 0.25) is 5.91 Å². The van der Waals surface area contributed by atoms with Gasteiger partial charge in [-0.05, 0) is 37.5 Å². The smallest absolute Gasteiger partial charge is 0.227 e. The van der Waals surface area contributed by atoms with Crippen molar-refractivity contribution in [1.29, 1.82) is 0 Å². The van der Waals surface area contributed by atoms with Crippen molar-refractivity contribution in [3.63, 3.8) is 0 Å². The number of methoxy groups -OCH3 is 1. The fourth-order valence-corrected chi connectivity index (χ4v) is 2.96. The highest BCUT2D eigenvalue weighted by Gasteiger charge is 2.32. The van der Waals surface area contributed by atoms with Gasteiger partial charge in [0.25, 0.3) is 0 Å². The summed E-state index contributed by atoms with van der Waals surface area (Å²) in [6.45, 7) is 2.66. The summed E-state index contributed by atoms with van der Waals surface area (Å²) in [5, 5.41) is 3.93. The Morgan fingerprint density at radius 3 is 3.05 bits per heavy atom. The van der Waals surface area contributed by atoms with Gasteiger partial charge >= 0.3 is 0 Å². The summed E-state index contributed by atoms with van der Waals surface area (Å²) >= 11 is 0. The number of ether oxygens (including phenoxy) is 1. The molecule has 1 aromatic carbocycles. The molecule has 0 N–H and O–H groups in total. The minimum Gasteiger partial charge on any atom is -0.497 e. The molecule has 2 aromatic rings. The molecule has 1 saturated heterocycles. The molecule has 1 aliphatic heterocycles. The molecule has 5 nitrogen and oxygen atoms in total. The highest BCUT2D eigenvalue weighted by atomic mass is 16.5. The topological polar surface area (TPSA) is 55.6 Å². The fourth-order valence-electron chi connectivity index (χ4n) is 2.96. The van der Waals surface area contributed by atoms with E-state index >= 15 is 0 Å². The maximum atomic E-state index is 12.6. The lowest BCUT2D eigenvalue weighted by Crippen LogP contribution is -2.31. The number of aromatic nitrogens is 1. The first-order valence-corrected chi connectivity index (χ1v) is 7.53. The summed E-state index contributed by atoms with van der Waals surface area (Å²) < 4.78 is 10.6. The van der Waals surface area contributed by atoms with Crippen LogP contribution in [0, 0.1) is 6.92 Å². The summed E-state index contributed by atoms with van der Waals surface area (Å²) in [5.41, 5.74) is 1.81.